The lowest BCUT2D eigenvalue weighted by Gasteiger charge is -2.11. The summed E-state index contributed by atoms with van der Waals surface area (Å²) >= 11 is 3.48. The Balaban J connectivity index is 2.00. The number of halogens is 1. The van der Waals surface area contributed by atoms with Crippen LogP contribution in [0.1, 0.15) is 21.5 Å². The normalized spacial score (nSPS) is 10.2. The Morgan fingerprint density at radius 3 is 2.00 bits per heavy atom. The highest BCUT2D eigenvalue weighted by Gasteiger charge is 2.14. The topological polar surface area (TPSA) is 73.9 Å². The maximum absolute atomic E-state index is 12.2. The molecule has 138 valence electrons. The summed E-state index contributed by atoms with van der Waals surface area (Å²) in [6.07, 6.45) is 0. The molecule has 0 spiro atoms. The lowest BCUT2D eigenvalue weighted by atomic mass is 10.1. The molecule has 0 aliphatic heterocycles. The molecule has 1 N–H and O–H groups in total. The molecule has 0 aliphatic carbocycles. The average Bonchev–Trinajstić information content (AvgIpc) is 2.63. The number of carbonyl (C=O) groups is 2. The smallest absolute Gasteiger partial charge is 0.338 e. The van der Waals surface area contributed by atoms with Crippen molar-refractivity contribution in [3.05, 3.63) is 51.5 Å². The summed E-state index contributed by atoms with van der Waals surface area (Å²) in [7, 11) is 2.97. The van der Waals surface area contributed by atoms with Gasteiger partial charge < -0.3 is 19.5 Å². The van der Waals surface area contributed by atoms with E-state index in [1.54, 1.807) is 6.07 Å². The van der Waals surface area contributed by atoms with Gasteiger partial charge in [-0.25, -0.2) is 4.79 Å². The summed E-state index contributed by atoms with van der Waals surface area (Å²) in [5.41, 5.74) is 2.89. The molecule has 7 heteroatoms. The zero-order chi connectivity index (χ0) is 19.3. The molecule has 6 nitrogen and oxygen atoms in total. The fraction of sp³-hybridized carbons (Fsp3) is 0.263. The van der Waals surface area contributed by atoms with Gasteiger partial charge in [-0.05, 0) is 49.2 Å². The number of benzene rings is 2. The SMILES string of the molecule is COc1cc(OC)cc(C(=O)OCC(=O)Nc2cc(C)c(Br)c(C)c2)c1. The number of hydrogen-bond acceptors (Lipinski definition) is 5. The number of hydrogen-bond donors (Lipinski definition) is 1. The van der Waals surface area contributed by atoms with Crippen LogP contribution >= 0.6 is 15.9 Å². The summed E-state index contributed by atoms with van der Waals surface area (Å²) in [6.45, 7) is 3.47. The van der Waals surface area contributed by atoms with Crippen LogP contribution in [0.25, 0.3) is 0 Å². The van der Waals surface area contributed by atoms with Crippen LogP contribution in [-0.4, -0.2) is 32.7 Å². The number of ether oxygens (including phenoxy) is 3. The van der Waals surface area contributed by atoms with Crippen LogP contribution in [0.15, 0.2) is 34.8 Å². The summed E-state index contributed by atoms with van der Waals surface area (Å²) in [5.74, 6) is -0.141. The highest BCUT2D eigenvalue weighted by atomic mass is 79.9. The molecule has 0 atom stereocenters. The predicted molar refractivity (Wildman–Crippen MR) is 102 cm³/mol. The number of anilines is 1. The van der Waals surface area contributed by atoms with Crippen molar-refractivity contribution in [2.75, 3.05) is 26.1 Å². The maximum Gasteiger partial charge on any atom is 0.338 e. The van der Waals surface area contributed by atoms with Crippen LogP contribution in [0, 0.1) is 13.8 Å². The number of rotatable bonds is 6. The highest BCUT2D eigenvalue weighted by Crippen LogP contribution is 2.25. The van der Waals surface area contributed by atoms with Crippen molar-refractivity contribution in [1.82, 2.24) is 0 Å². The Labute approximate surface area is 160 Å². The van der Waals surface area contributed by atoms with Crippen LogP contribution < -0.4 is 14.8 Å². The van der Waals surface area contributed by atoms with E-state index in [1.807, 2.05) is 26.0 Å². The molecule has 0 aromatic heterocycles. The van der Waals surface area contributed by atoms with E-state index in [9.17, 15) is 9.59 Å². The largest absolute Gasteiger partial charge is 0.497 e. The Morgan fingerprint density at radius 1 is 0.962 bits per heavy atom. The predicted octanol–water partition coefficient (Wildman–Crippen LogP) is 3.88. The van der Waals surface area contributed by atoms with E-state index in [2.05, 4.69) is 21.2 Å². The molecule has 26 heavy (non-hydrogen) atoms. The number of esters is 1. The minimum absolute atomic E-state index is 0.240. The molecule has 2 rings (SSSR count). The number of methoxy groups -OCH3 is 2. The van der Waals surface area contributed by atoms with E-state index in [4.69, 9.17) is 14.2 Å². The third-order valence-corrected chi connectivity index (χ3v) is 4.89. The van der Waals surface area contributed by atoms with E-state index in [1.165, 1.54) is 26.4 Å². The molecule has 0 unspecified atom stereocenters. The van der Waals surface area contributed by atoms with Crippen molar-refractivity contribution in [3.63, 3.8) is 0 Å². The van der Waals surface area contributed by atoms with Gasteiger partial charge in [-0.3, -0.25) is 4.79 Å². The molecular formula is C19H20BrNO5. The van der Waals surface area contributed by atoms with Crippen molar-refractivity contribution in [2.24, 2.45) is 0 Å². The summed E-state index contributed by atoms with van der Waals surface area (Å²) < 4.78 is 16.3. The van der Waals surface area contributed by atoms with Gasteiger partial charge in [0.15, 0.2) is 6.61 Å². The van der Waals surface area contributed by atoms with Gasteiger partial charge in [-0.2, -0.15) is 0 Å². The second kappa shape index (κ2) is 8.71. The molecule has 0 aliphatic rings. The van der Waals surface area contributed by atoms with Gasteiger partial charge in [0, 0.05) is 16.2 Å². The zero-order valence-corrected chi connectivity index (χ0v) is 16.6. The van der Waals surface area contributed by atoms with Crippen LogP contribution in [0.4, 0.5) is 5.69 Å². The molecule has 1 amide bonds. The van der Waals surface area contributed by atoms with E-state index >= 15 is 0 Å². The first kappa shape index (κ1) is 19.8. The summed E-state index contributed by atoms with van der Waals surface area (Å²) in [4.78, 5) is 24.2. The van der Waals surface area contributed by atoms with Crippen LogP contribution in [0.5, 0.6) is 11.5 Å². The van der Waals surface area contributed by atoms with Gasteiger partial charge in [0.05, 0.1) is 19.8 Å². The van der Waals surface area contributed by atoms with Crippen molar-refractivity contribution >= 4 is 33.5 Å². The molecule has 0 heterocycles. The second-order valence-electron chi connectivity index (χ2n) is 5.65. The molecule has 2 aromatic carbocycles. The number of aryl methyl sites for hydroxylation is 2. The molecule has 0 bridgehead atoms. The minimum Gasteiger partial charge on any atom is -0.497 e. The number of amides is 1. The maximum atomic E-state index is 12.2. The van der Waals surface area contributed by atoms with Gasteiger partial charge in [0.25, 0.3) is 5.91 Å². The van der Waals surface area contributed by atoms with Gasteiger partial charge in [-0.1, -0.05) is 15.9 Å². The minimum atomic E-state index is -0.638. The number of nitrogens with one attached hydrogen (secondary N) is 1. The molecule has 0 radical (unpaired) electrons. The molecule has 0 saturated heterocycles. The van der Waals surface area contributed by atoms with E-state index < -0.39 is 18.5 Å². The molecular weight excluding hydrogens is 402 g/mol. The third-order valence-electron chi connectivity index (χ3n) is 3.64. The van der Waals surface area contributed by atoms with Crippen LogP contribution in [0.2, 0.25) is 0 Å². The quantitative estimate of drug-likeness (QED) is 0.716. The van der Waals surface area contributed by atoms with Crippen molar-refractivity contribution in [1.29, 1.82) is 0 Å². The monoisotopic (exact) mass is 421 g/mol. The summed E-state index contributed by atoms with van der Waals surface area (Å²) in [5, 5.41) is 2.72. The molecule has 0 fully saturated rings. The third kappa shape index (κ3) is 4.98. The van der Waals surface area contributed by atoms with E-state index in [0.29, 0.717) is 17.2 Å². The fourth-order valence-corrected chi connectivity index (χ4v) is 2.58. The molecule has 0 saturated carbocycles. The standard InChI is InChI=1S/C19H20BrNO5/c1-11-5-14(6-12(2)18(11)20)21-17(22)10-26-19(23)13-7-15(24-3)9-16(8-13)25-4/h5-9H,10H2,1-4H3,(H,21,22). The Bertz CT molecular complexity index is 789. The van der Waals surface area contributed by atoms with E-state index in [-0.39, 0.29) is 5.56 Å². The van der Waals surface area contributed by atoms with Crippen molar-refractivity contribution < 1.29 is 23.8 Å². The van der Waals surface area contributed by atoms with Gasteiger partial charge in [0.1, 0.15) is 11.5 Å². The Kier molecular flexibility index (Phi) is 6.63. The van der Waals surface area contributed by atoms with Crippen molar-refractivity contribution in [2.45, 2.75) is 13.8 Å². The fourth-order valence-electron chi connectivity index (χ4n) is 2.35. The van der Waals surface area contributed by atoms with Crippen LogP contribution in [0.3, 0.4) is 0 Å². The van der Waals surface area contributed by atoms with Gasteiger partial charge in [0.2, 0.25) is 0 Å². The van der Waals surface area contributed by atoms with Crippen LogP contribution in [-0.2, 0) is 9.53 Å². The summed E-state index contributed by atoms with van der Waals surface area (Å²) in [6, 6.07) is 8.35. The Hall–Kier alpha value is -2.54. The Morgan fingerprint density at radius 2 is 1.50 bits per heavy atom. The first-order chi connectivity index (χ1) is 12.3. The van der Waals surface area contributed by atoms with Crippen molar-refractivity contribution in [3.8, 4) is 11.5 Å². The average molecular weight is 422 g/mol. The second-order valence-corrected chi connectivity index (χ2v) is 6.44. The lowest BCUT2D eigenvalue weighted by molar-refractivity contribution is -0.119. The lowest BCUT2D eigenvalue weighted by Crippen LogP contribution is -2.21. The highest BCUT2D eigenvalue weighted by molar-refractivity contribution is 9.10. The first-order valence-corrected chi connectivity index (χ1v) is 8.60. The van der Waals surface area contributed by atoms with Gasteiger partial charge >= 0.3 is 5.97 Å². The van der Waals surface area contributed by atoms with E-state index in [0.717, 1.165) is 15.6 Å². The number of carbonyl (C=O) groups excluding carboxylic acids is 2. The molecule has 2 aromatic rings. The first-order valence-electron chi connectivity index (χ1n) is 7.81. The van der Waals surface area contributed by atoms with Gasteiger partial charge in [-0.15, -0.1) is 0 Å². The zero-order valence-electron chi connectivity index (χ0n) is 15.0.